The first-order valence-electron chi connectivity index (χ1n) is 7.65. The van der Waals surface area contributed by atoms with Crippen LogP contribution in [0.5, 0.6) is 0 Å². The monoisotopic (exact) mass is 350 g/mol. The fraction of sp³-hybridized carbons (Fsp3) is 0.278. The van der Waals surface area contributed by atoms with Crippen LogP contribution in [0.4, 0.5) is 4.39 Å². The number of carbonyl (C=O) groups excluding carboxylic acids is 1. The highest BCUT2D eigenvalue weighted by molar-refractivity contribution is 5.85. The Labute approximate surface area is 146 Å². The fourth-order valence-corrected chi connectivity index (χ4v) is 2.76. The van der Waals surface area contributed by atoms with Crippen LogP contribution >= 0.6 is 12.4 Å². The van der Waals surface area contributed by atoms with Crippen molar-refractivity contribution in [3.8, 4) is 0 Å². The number of hydrogen-bond donors (Lipinski definition) is 3. The van der Waals surface area contributed by atoms with E-state index >= 15 is 0 Å². The van der Waals surface area contributed by atoms with E-state index in [1.165, 1.54) is 35.4 Å². The Balaban J connectivity index is 0.00000208. The van der Waals surface area contributed by atoms with Gasteiger partial charge in [-0.3, -0.25) is 4.79 Å². The summed E-state index contributed by atoms with van der Waals surface area (Å²) in [4.78, 5) is 12.3. The number of fused-ring (bicyclic) bond motifs is 1. The number of halogens is 2. The SMILES string of the molecule is Cl.O=C(NCC(O)c1ccc(F)cc1)C1Cc2ccccc2CN1. The maximum Gasteiger partial charge on any atom is 0.237 e. The fourth-order valence-electron chi connectivity index (χ4n) is 2.76. The van der Waals surface area contributed by atoms with E-state index in [-0.39, 0.29) is 36.7 Å². The van der Waals surface area contributed by atoms with Gasteiger partial charge in [-0.1, -0.05) is 36.4 Å². The highest BCUT2D eigenvalue weighted by Gasteiger charge is 2.24. The average Bonchev–Trinajstić information content (AvgIpc) is 2.59. The van der Waals surface area contributed by atoms with Crippen LogP contribution in [-0.4, -0.2) is 23.6 Å². The molecule has 2 aromatic rings. The van der Waals surface area contributed by atoms with E-state index in [9.17, 15) is 14.3 Å². The van der Waals surface area contributed by atoms with Crippen LogP contribution in [0.25, 0.3) is 0 Å². The molecule has 1 aliphatic rings. The molecule has 1 amide bonds. The van der Waals surface area contributed by atoms with Crippen molar-refractivity contribution in [2.45, 2.75) is 25.1 Å². The summed E-state index contributed by atoms with van der Waals surface area (Å²) in [5.74, 6) is -0.490. The zero-order chi connectivity index (χ0) is 16.2. The van der Waals surface area contributed by atoms with Crippen LogP contribution in [-0.2, 0) is 17.8 Å². The average molecular weight is 351 g/mol. The number of amides is 1. The third kappa shape index (κ3) is 4.32. The molecule has 0 saturated heterocycles. The summed E-state index contributed by atoms with van der Waals surface area (Å²) < 4.78 is 12.9. The van der Waals surface area contributed by atoms with Gasteiger partial charge in [-0.2, -0.15) is 0 Å². The summed E-state index contributed by atoms with van der Waals surface area (Å²) in [7, 11) is 0. The molecule has 0 aromatic heterocycles. The number of rotatable bonds is 4. The molecular formula is C18H20ClFN2O2. The number of carbonyl (C=O) groups is 1. The second-order valence-corrected chi connectivity index (χ2v) is 5.72. The Hall–Kier alpha value is -1.95. The van der Waals surface area contributed by atoms with Crippen molar-refractivity contribution in [2.75, 3.05) is 6.54 Å². The van der Waals surface area contributed by atoms with Crippen LogP contribution in [0.1, 0.15) is 22.8 Å². The molecule has 2 unspecified atom stereocenters. The molecule has 2 atom stereocenters. The van der Waals surface area contributed by atoms with Crippen LogP contribution in [0.3, 0.4) is 0 Å². The molecule has 1 heterocycles. The molecular weight excluding hydrogens is 331 g/mol. The van der Waals surface area contributed by atoms with Gasteiger partial charge in [-0.15, -0.1) is 12.4 Å². The van der Waals surface area contributed by atoms with Gasteiger partial charge in [-0.05, 0) is 35.2 Å². The van der Waals surface area contributed by atoms with Gasteiger partial charge in [0.15, 0.2) is 0 Å². The van der Waals surface area contributed by atoms with Crippen molar-refractivity contribution in [1.29, 1.82) is 0 Å². The lowest BCUT2D eigenvalue weighted by molar-refractivity contribution is -0.123. The van der Waals surface area contributed by atoms with E-state index in [2.05, 4.69) is 16.7 Å². The molecule has 0 fully saturated rings. The van der Waals surface area contributed by atoms with Crippen molar-refractivity contribution in [3.05, 3.63) is 71.0 Å². The quantitative estimate of drug-likeness (QED) is 0.791. The minimum atomic E-state index is -0.851. The van der Waals surface area contributed by atoms with Crippen molar-refractivity contribution < 1.29 is 14.3 Å². The Morgan fingerprint density at radius 1 is 1.21 bits per heavy atom. The molecule has 128 valence electrons. The number of aliphatic hydroxyl groups is 1. The maximum atomic E-state index is 12.9. The molecule has 0 bridgehead atoms. The zero-order valence-corrected chi connectivity index (χ0v) is 13.9. The van der Waals surface area contributed by atoms with Crippen LogP contribution < -0.4 is 10.6 Å². The summed E-state index contributed by atoms with van der Waals surface area (Å²) in [6, 6.07) is 13.4. The second-order valence-electron chi connectivity index (χ2n) is 5.72. The highest BCUT2D eigenvalue weighted by Crippen LogP contribution is 2.17. The van der Waals surface area contributed by atoms with Crippen LogP contribution in [0, 0.1) is 5.82 Å². The number of benzene rings is 2. The Morgan fingerprint density at radius 2 is 1.88 bits per heavy atom. The van der Waals surface area contributed by atoms with Crippen molar-refractivity contribution in [3.63, 3.8) is 0 Å². The molecule has 3 N–H and O–H groups in total. The van der Waals surface area contributed by atoms with Crippen molar-refractivity contribution >= 4 is 18.3 Å². The predicted molar refractivity (Wildman–Crippen MR) is 92.4 cm³/mol. The van der Waals surface area contributed by atoms with Gasteiger partial charge in [0.1, 0.15) is 5.82 Å². The molecule has 6 heteroatoms. The Bertz CT molecular complexity index is 694. The van der Waals surface area contributed by atoms with Gasteiger partial charge in [0, 0.05) is 13.1 Å². The van der Waals surface area contributed by atoms with Gasteiger partial charge < -0.3 is 15.7 Å². The van der Waals surface area contributed by atoms with E-state index in [1.807, 2.05) is 18.2 Å². The smallest absolute Gasteiger partial charge is 0.237 e. The van der Waals surface area contributed by atoms with E-state index in [1.54, 1.807) is 0 Å². The molecule has 0 radical (unpaired) electrons. The number of nitrogens with one attached hydrogen (secondary N) is 2. The first-order valence-corrected chi connectivity index (χ1v) is 7.65. The third-order valence-electron chi connectivity index (χ3n) is 4.12. The van der Waals surface area contributed by atoms with E-state index in [4.69, 9.17) is 0 Å². The van der Waals surface area contributed by atoms with Gasteiger partial charge >= 0.3 is 0 Å². The minimum Gasteiger partial charge on any atom is -0.387 e. The van der Waals surface area contributed by atoms with E-state index < -0.39 is 6.10 Å². The molecule has 2 aromatic carbocycles. The largest absolute Gasteiger partial charge is 0.387 e. The van der Waals surface area contributed by atoms with Gasteiger partial charge in [-0.25, -0.2) is 4.39 Å². The van der Waals surface area contributed by atoms with Crippen molar-refractivity contribution in [1.82, 2.24) is 10.6 Å². The molecule has 1 aliphatic heterocycles. The molecule has 0 aliphatic carbocycles. The third-order valence-corrected chi connectivity index (χ3v) is 4.12. The number of aliphatic hydroxyl groups excluding tert-OH is 1. The molecule has 24 heavy (non-hydrogen) atoms. The van der Waals surface area contributed by atoms with Gasteiger partial charge in [0.25, 0.3) is 0 Å². The highest BCUT2D eigenvalue weighted by atomic mass is 35.5. The lowest BCUT2D eigenvalue weighted by Gasteiger charge is -2.25. The normalized spacial score (nSPS) is 17.3. The summed E-state index contributed by atoms with van der Waals surface area (Å²) in [6.07, 6.45) is -0.218. The first-order chi connectivity index (χ1) is 11.1. The number of hydrogen-bond acceptors (Lipinski definition) is 3. The van der Waals surface area contributed by atoms with Crippen molar-refractivity contribution in [2.24, 2.45) is 0 Å². The van der Waals surface area contributed by atoms with Gasteiger partial charge in [0.2, 0.25) is 5.91 Å². The van der Waals surface area contributed by atoms with Gasteiger partial charge in [0.05, 0.1) is 12.1 Å². The zero-order valence-electron chi connectivity index (χ0n) is 13.0. The van der Waals surface area contributed by atoms with Crippen LogP contribution in [0.2, 0.25) is 0 Å². The standard InChI is InChI=1S/C18H19FN2O2.ClH/c19-15-7-5-12(6-8-15)17(22)11-21-18(23)16-9-13-3-1-2-4-14(13)10-20-16;/h1-8,16-17,20,22H,9-11H2,(H,21,23);1H. The molecule has 3 rings (SSSR count). The lowest BCUT2D eigenvalue weighted by atomic mass is 9.95. The summed E-state index contributed by atoms with van der Waals surface area (Å²) in [6.45, 7) is 0.763. The minimum absolute atomic E-state index is 0. The summed E-state index contributed by atoms with van der Waals surface area (Å²) in [5, 5.41) is 16.0. The molecule has 0 saturated carbocycles. The molecule has 0 spiro atoms. The van der Waals surface area contributed by atoms with E-state index in [0.29, 0.717) is 18.5 Å². The summed E-state index contributed by atoms with van der Waals surface area (Å²) in [5.41, 5.74) is 2.96. The predicted octanol–water partition coefficient (Wildman–Crippen LogP) is 2.11. The maximum absolute atomic E-state index is 12.9. The van der Waals surface area contributed by atoms with E-state index in [0.717, 1.165) is 0 Å². The topological polar surface area (TPSA) is 61.4 Å². The van der Waals surface area contributed by atoms with Crippen LogP contribution in [0.15, 0.2) is 48.5 Å². The first kappa shape index (κ1) is 18.4. The Kier molecular flexibility index (Phi) is 6.31. The lowest BCUT2D eigenvalue weighted by Crippen LogP contribution is -2.48. The second kappa shape index (κ2) is 8.24. The molecule has 4 nitrogen and oxygen atoms in total. The summed E-state index contributed by atoms with van der Waals surface area (Å²) >= 11 is 0. The Morgan fingerprint density at radius 3 is 2.58 bits per heavy atom.